The van der Waals surface area contributed by atoms with Crippen molar-refractivity contribution in [3.63, 3.8) is 0 Å². The number of alkyl halides is 2. The number of fused-ring (bicyclic) bond motifs is 1. The van der Waals surface area contributed by atoms with Crippen molar-refractivity contribution in [1.29, 1.82) is 0 Å². The Morgan fingerprint density at radius 2 is 2.00 bits per heavy atom. The highest BCUT2D eigenvalue weighted by atomic mass is 35.5. The highest BCUT2D eigenvalue weighted by molar-refractivity contribution is 6.18. The van der Waals surface area contributed by atoms with Gasteiger partial charge in [-0.2, -0.15) is 0 Å². The Morgan fingerprint density at radius 3 is 2.61 bits per heavy atom. The third kappa shape index (κ3) is 4.77. The number of aliphatic carboxylic acids is 1. The predicted molar refractivity (Wildman–Crippen MR) is 95.9 cm³/mol. The molecule has 126 valence electrons. The number of carbonyl (C=O) groups is 1. The van der Waals surface area contributed by atoms with Crippen LogP contribution in [0.3, 0.4) is 0 Å². The summed E-state index contributed by atoms with van der Waals surface area (Å²) in [5.41, 5.74) is 8.98. The van der Waals surface area contributed by atoms with Crippen LogP contribution < -0.4 is 10.6 Å². The Morgan fingerprint density at radius 1 is 1.30 bits per heavy atom. The third-order valence-electron chi connectivity index (χ3n) is 3.74. The molecule has 1 atom stereocenters. The number of nitrogens with one attached hydrogen (secondary N) is 1. The van der Waals surface area contributed by atoms with Gasteiger partial charge >= 0.3 is 5.97 Å². The minimum absolute atomic E-state index is 0.0447. The molecule has 23 heavy (non-hydrogen) atoms. The van der Waals surface area contributed by atoms with Gasteiger partial charge in [0.05, 0.1) is 6.42 Å². The van der Waals surface area contributed by atoms with E-state index in [9.17, 15) is 4.79 Å². The number of rotatable bonds is 9. The van der Waals surface area contributed by atoms with E-state index in [1.54, 1.807) is 0 Å². The summed E-state index contributed by atoms with van der Waals surface area (Å²) < 4.78 is 0. The Hall–Kier alpha value is -1.43. The molecule has 1 aromatic heterocycles. The molecule has 0 amide bonds. The van der Waals surface area contributed by atoms with E-state index >= 15 is 0 Å². The summed E-state index contributed by atoms with van der Waals surface area (Å²) in [5.74, 6) is 0.171. The second-order valence-electron chi connectivity index (χ2n) is 5.47. The van der Waals surface area contributed by atoms with Crippen molar-refractivity contribution < 1.29 is 9.90 Å². The predicted octanol–water partition coefficient (Wildman–Crippen LogP) is 2.80. The van der Waals surface area contributed by atoms with Gasteiger partial charge in [0.2, 0.25) is 0 Å². The first-order valence-electron chi connectivity index (χ1n) is 7.49. The van der Waals surface area contributed by atoms with E-state index in [1.165, 1.54) is 0 Å². The number of nitrogens with two attached hydrogens (primary N) is 1. The summed E-state index contributed by atoms with van der Waals surface area (Å²) in [4.78, 5) is 16.1. The molecule has 0 spiro atoms. The monoisotopic (exact) mass is 357 g/mol. The Bertz CT molecular complexity index is 654. The van der Waals surface area contributed by atoms with Gasteiger partial charge in [-0.15, -0.1) is 23.2 Å². The van der Waals surface area contributed by atoms with E-state index in [1.807, 2.05) is 18.3 Å². The summed E-state index contributed by atoms with van der Waals surface area (Å²) in [6.07, 6.45) is 2.36. The van der Waals surface area contributed by atoms with Crippen LogP contribution in [0.4, 0.5) is 5.69 Å². The molecule has 7 heteroatoms. The van der Waals surface area contributed by atoms with Gasteiger partial charge in [-0.1, -0.05) is 0 Å². The summed E-state index contributed by atoms with van der Waals surface area (Å²) in [5, 5.41) is 9.89. The van der Waals surface area contributed by atoms with Crippen molar-refractivity contribution in [2.75, 3.05) is 29.7 Å². The quantitative estimate of drug-likeness (QED) is 0.602. The van der Waals surface area contributed by atoms with E-state index < -0.39 is 12.0 Å². The molecule has 0 radical (unpaired) electrons. The smallest absolute Gasteiger partial charge is 0.304 e. The second-order valence-corrected chi connectivity index (χ2v) is 6.23. The normalized spacial score (nSPS) is 12.5. The SMILES string of the molecule is NC(CC(=O)O)Cc1c[nH]c2ccc(N(CCCl)CCCl)cc12. The lowest BCUT2D eigenvalue weighted by Gasteiger charge is -2.23. The molecule has 1 unspecified atom stereocenters. The molecule has 0 aliphatic heterocycles. The second kappa shape index (κ2) is 8.43. The maximum absolute atomic E-state index is 10.8. The minimum Gasteiger partial charge on any atom is -0.481 e. The lowest BCUT2D eigenvalue weighted by atomic mass is 10.0. The molecule has 2 rings (SSSR count). The molecule has 0 fully saturated rings. The maximum atomic E-state index is 10.8. The Balaban J connectivity index is 2.26. The van der Waals surface area contributed by atoms with Crippen LogP contribution in [0.5, 0.6) is 0 Å². The zero-order valence-corrected chi connectivity index (χ0v) is 14.3. The molecule has 0 saturated heterocycles. The number of benzene rings is 1. The van der Waals surface area contributed by atoms with Crippen LogP contribution >= 0.6 is 23.2 Å². The van der Waals surface area contributed by atoms with Gasteiger partial charge in [0.15, 0.2) is 0 Å². The van der Waals surface area contributed by atoms with Gasteiger partial charge < -0.3 is 20.7 Å². The fourth-order valence-corrected chi connectivity index (χ4v) is 3.09. The van der Waals surface area contributed by atoms with Crippen LogP contribution in [0.1, 0.15) is 12.0 Å². The van der Waals surface area contributed by atoms with Crippen molar-refractivity contribution in [1.82, 2.24) is 4.98 Å². The summed E-state index contributed by atoms with van der Waals surface area (Å²) in [6, 6.07) is 5.70. The van der Waals surface area contributed by atoms with E-state index in [-0.39, 0.29) is 6.42 Å². The van der Waals surface area contributed by atoms with Crippen molar-refractivity contribution in [3.05, 3.63) is 30.0 Å². The van der Waals surface area contributed by atoms with Crippen LogP contribution in [0, 0.1) is 0 Å². The molecule has 2 aromatic rings. The van der Waals surface area contributed by atoms with Gasteiger partial charge in [0.1, 0.15) is 0 Å². The molecule has 0 bridgehead atoms. The molecule has 0 saturated carbocycles. The number of carboxylic acids is 1. The number of H-pyrrole nitrogens is 1. The van der Waals surface area contributed by atoms with Crippen LogP contribution in [0.2, 0.25) is 0 Å². The molecule has 0 aliphatic carbocycles. The highest BCUT2D eigenvalue weighted by Crippen LogP contribution is 2.26. The van der Waals surface area contributed by atoms with E-state index in [4.69, 9.17) is 34.0 Å². The average molecular weight is 358 g/mol. The van der Waals surface area contributed by atoms with Crippen molar-refractivity contribution in [2.24, 2.45) is 5.73 Å². The largest absolute Gasteiger partial charge is 0.481 e. The lowest BCUT2D eigenvalue weighted by molar-refractivity contribution is -0.137. The lowest BCUT2D eigenvalue weighted by Crippen LogP contribution is -2.27. The van der Waals surface area contributed by atoms with Gasteiger partial charge in [-0.25, -0.2) is 0 Å². The van der Waals surface area contributed by atoms with Crippen LogP contribution in [0.25, 0.3) is 10.9 Å². The number of hydrogen-bond acceptors (Lipinski definition) is 3. The summed E-state index contributed by atoms with van der Waals surface area (Å²) >= 11 is 11.7. The van der Waals surface area contributed by atoms with Gasteiger partial charge in [-0.3, -0.25) is 4.79 Å². The number of carboxylic acid groups (broad SMARTS) is 1. The Labute approximate surface area is 145 Å². The van der Waals surface area contributed by atoms with Crippen molar-refractivity contribution in [2.45, 2.75) is 18.9 Å². The van der Waals surface area contributed by atoms with E-state index in [2.05, 4.69) is 16.0 Å². The number of halogens is 2. The third-order valence-corrected chi connectivity index (χ3v) is 4.08. The van der Waals surface area contributed by atoms with Gasteiger partial charge in [0.25, 0.3) is 0 Å². The molecule has 4 N–H and O–H groups in total. The molecule has 0 aliphatic rings. The maximum Gasteiger partial charge on any atom is 0.304 e. The van der Waals surface area contributed by atoms with E-state index in [0.29, 0.717) is 18.2 Å². The van der Waals surface area contributed by atoms with Gasteiger partial charge in [-0.05, 0) is 30.2 Å². The number of aromatic amines is 1. The topological polar surface area (TPSA) is 82.4 Å². The summed E-state index contributed by atoms with van der Waals surface area (Å²) in [7, 11) is 0. The molecular formula is C16H21Cl2N3O2. The van der Waals surface area contributed by atoms with Crippen molar-refractivity contribution in [3.8, 4) is 0 Å². The van der Waals surface area contributed by atoms with Crippen LogP contribution in [-0.2, 0) is 11.2 Å². The first kappa shape index (κ1) is 17.9. The van der Waals surface area contributed by atoms with Crippen molar-refractivity contribution >= 4 is 45.8 Å². The molecule has 5 nitrogen and oxygen atoms in total. The fraction of sp³-hybridized carbons (Fsp3) is 0.438. The highest BCUT2D eigenvalue weighted by Gasteiger charge is 2.13. The molecular weight excluding hydrogens is 337 g/mol. The average Bonchev–Trinajstić information content (AvgIpc) is 2.88. The number of nitrogens with zero attached hydrogens (tertiary/aromatic N) is 1. The summed E-state index contributed by atoms with van der Waals surface area (Å²) in [6.45, 7) is 1.44. The van der Waals surface area contributed by atoms with E-state index in [0.717, 1.165) is 35.2 Å². The number of anilines is 1. The minimum atomic E-state index is -0.881. The number of aromatic nitrogens is 1. The standard InChI is InChI=1S/C16H21Cl2N3O2/c17-3-5-21(6-4-18)13-1-2-15-14(9-13)11(10-20-15)7-12(19)8-16(22)23/h1-2,9-10,12,20H,3-8,19H2,(H,22,23). The zero-order chi connectivity index (χ0) is 16.8. The zero-order valence-electron chi connectivity index (χ0n) is 12.8. The Kier molecular flexibility index (Phi) is 6.57. The fourth-order valence-electron chi connectivity index (χ4n) is 2.68. The van der Waals surface area contributed by atoms with Gasteiger partial charge in [0, 0.05) is 53.7 Å². The van der Waals surface area contributed by atoms with Crippen LogP contribution in [0.15, 0.2) is 24.4 Å². The molecule has 1 heterocycles. The first-order chi connectivity index (χ1) is 11.0. The molecule has 1 aromatic carbocycles. The number of hydrogen-bond donors (Lipinski definition) is 3. The van der Waals surface area contributed by atoms with Crippen LogP contribution in [-0.4, -0.2) is 47.0 Å². The first-order valence-corrected chi connectivity index (χ1v) is 8.56.